The maximum absolute atomic E-state index is 12.7. The van der Waals surface area contributed by atoms with Gasteiger partial charge in [0.25, 0.3) is 5.91 Å². The summed E-state index contributed by atoms with van der Waals surface area (Å²) in [5.74, 6) is -0.262. The molecule has 28 heavy (non-hydrogen) atoms. The average molecular weight is 374 g/mol. The minimum atomic E-state index is -0.262. The molecular formula is C22H22N4O2. The third-order valence-corrected chi connectivity index (χ3v) is 4.72. The third-order valence-electron chi connectivity index (χ3n) is 4.72. The van der Waals surface area contributed by atoms with E-state index in [9.17, 15) is 4.79 Å². The van der Waals surface area contributed by atoms with Crippen LogP contribution < -0.4 is 10.2 Å². The molecule has 1 amide bonds. The van der Waals surface area contributed by atoms with Gasteiger partial charge in [0, 0.05) is 30.0 Å². The van der Waals surface area contributed by atoms with Crippen LogP contribution in [-0.4, -0.2) is 42.2 Å². The molecule has 4 rings (SSSR count). The van der Waals surface area contributed by atoms with Gasteiger partial charge in [0.1, 0.15) is 5.69 Å². The predicted molar refractivity (Wildman–Crippen MR) is 110 cm³/mol. The number of morpholine rings is 1. The zero-order chi connectivity index (χ0) is 19.3. The summed E-state index contributed by atoms with van der Waals surface area (Å²) >= 11 is 0. The maximum atomic E-state index is 12.7. The Morgan fingerprint density at radius 3 is 2.64 bits per heavy atom. The van der Waals surface area contributed by atoms with Gasteiger partial charge in [-0.3, -0.25) is 9.78 Å². The highest BCUT2D eigenvalue weighted by molar-refractivity contribution is 6.03. The van der Waals surface area contributed by atoms with Crippen LogP contribution in [0.25, 0.3) is 11.3 Å². The highest BCUT2D eigenvalue weighted by Crippen LogP contribution is 2.24. The van der Waals surface area contributed by atoms with Gasteiger partial charge in [-0.05, 0) is 31.2 Å². The summed E-state index contributed by atoms with van der Waals surface area (Å²) in [6.45, 7) is 5.00. The van der Waals surface area contributed by atoms with Crippen LogP contribution in [0, 0.1) is 6.92 Å². The molecule has 0 unspecified atom stereocenters. The Morgan fingerprint density at radius 2 is 1.86 bits per heavy atom. The van der Waals surface area contributed by atoms with Crippen LogP contribution in [0.3, 0.4) is 0 Å². The van der Waals surface area contributed by atoms with E-state index in [1.807, 2.05) is 42.5 Å². The van der Waals surface area contributed by atoms with E-state index in [2.05, 4.69) is 32.3 Å². The molecule has 3 aromatic rings. The van der Waals surface area contributed by atoms with Crippen LogP contribution in [0.5, 0.6) is 0 Å². The van der Waals surface area contributed by atoms with Gasteiger partial charge in [-0.15, -0.1) is 0 Å². The second-order valence-corrected chi connectivity index (χ2v) is 6.66. The molecule has 0 bridgehead atoms. The first-order valence-corrected chi connectivity index (χ1v) is 9.34. The van der Waals surface area contributed by atoms with E-state index < -0.39 is 0 Å². The molecule has 1 aromatic heterocycles. The van der Waals surface area contributed by atoms with Crippen molar-refractivity contribution in [3.05, 3.63) is 72.2 Å². The molecule has 6 nitrogen and oxygen atoms in total. The van der Waals surface area contributed by atoms with Crippen LogP contribution in [0.4, 0.5) is 11.4 Å². The number of nitrogens with one attached hydrogen (secondary N) is 1. The molecule has 142 valence electrons. The number of aryl methyl sites for hydroxylation is 1. The zero-order valence-corrected chi connectivity index (χ0v) is 15.8. The summed E-state index contributed by atoms with van der Waals surface area (Å²) in [7, 11) is 0. The molecule has 2 aromatic carbocycles. The number of benzene rings is 2. The van der Waals surface area contributed by atoms with Crippen molar-refractivity contribution in [2.24, 2.45) is 0 Å². The Labute approximate surface area is 164 Å². The van der Waals surface area contributed by atoms with Crippen molar-refractivity contribution >= 4 is 17.3 Å². The van der Waals surface area contributed by atoms with Crippen molar-refractivity contribution in [2.45, 2.75) is 6.92 Å². The molecule has 6 heteroatoms. The summed E-state index contributed by atoms with van der Waals surface area (Å²) in [4.78, 5) is 24.0. The van der Waals surface area contributed by atoms with Crippen molar-refractivity contribution in [1.82, 2.24) is 9.97 Å². The Balaban J connectivity index is 1.61. The summed E-state index contributed by atoms with van der Waals surface area (Å²) in [5.41, 5.74) is 4.40. The van der Waals surface area contributed by atoms with Gasteiger partial charge in [-0.1, -0.05) is 30.3 Å². The Bertz CT molecular complexity index is 969. The molecule has 0 atom stereocenters. The smallest absolute Gasteiger partial charge is 0.276 e. The fourth-order valence-corrected chi connectivity index (χ4v) is 3.20. The molecule has 1 fully saturated rings. The van der Waals surface area contributed by atoms with Crippen LogP contribution in [0.15, 0.2) is 60.8 Å². The highest BCUT2D eigenvalue weighted by atomic mass is 16.5. The van der Waals surface area contributed by atoms with Crippen molar-refractivity contribution in [1.29, 1.82) is 0 Å². The van der Waals surface area contributed by atoms with E-state index in [-0.39, 0.29) is 5.91 Å². The Hall–Kier alpha value is -3.25. The first-order chi connectivity index (χ1) is 13.7. The summed E-state index contributed by atoms with van der Waals surface area (Å²) < 4.78 is 5.43. The normalized spacial score (nSPS) is 14.0. The van der Waals surface area contributed by atoms with Gasteiger partial charge in [0.15, 0.2) is 0 Å². The predicted octanol–water partition coefficient (Wildman–Crippen LogP) is 3.54. The number of aromatic nitrogens is 2. The lowest BCUT2D eigenvalue weighted by molar-refractivity contribution is 0.102. The van der Waals surface area contributed by atoms with Crippen molar-refractivity contribution in [3.8, 4) is 11.3 Å². The summed E-state index contributed by atoms with van der Waals surface area (Å²) in [6, 6.07) is 17.5. The van der Waals surface area contributed by atoms with Crippen molar-refractivity contribution in [3.63, 3.8) is 0 Å². The first-order valence-electron chi connectivity index (χ1n) is 9.34. The van der Waals surface area contributed by atoms with E-state index >= 15 is 0 Å². The minimum absolute atomic E-state index is 0.262. The number of ether oxygens (including phenoxy) is 1. The van der Waals surface area contributed by atoms with Crippen molar-refractivity contribution < 1.29 is 9.53 Å². The van der Waals surface area contributed by atoms with Gasteiger partial charge in [0.05, 0.1) is 30.8 Å². The van der Waals surface area contributed by atoms with E-state index in [4.69, 9.17) is 4.74 Å². The molecule has 0 radical (unpaired) electrons. The maximum Gasteiger partial charge on any atom is 0.276 e. The van der Waals surface area contributed by atoms with Gasteiger partial charge in [-0.2, -0.15) is 0 Å². The second kappa shape index (κ2) is 8.19. The molecular weight excluding hydrogens is 352 g/mol. The number of rotatable bonds is 4. The molecule has 1 aliphatic heterocycles. The van der Waals surface area contributed by atoms with Crippen LogP contribution >= 0.6 is 0 Å². The van der Waals surface area contributed by atoms with Crippen LogP contribution in [-0.2, 0) is 4.74 Å². The number of amides is 1. The number of para-hydroxylation sites is 1. The van der Waals surface area contributed by atoms with Gasteiger partial charge < -0.3 is 15.0 Å². The van der Waals surface area contributed by atoms with Gasteiger partial charge in [0.2, 0.25) is 0 Å². The van der Waals surface area contributed by atoms with E-state index in [1.54, 1.807) is 13.1 Å². The molecule has 0 saturated carbocycles. The van der Waals surface area contributed by atoms with Crippen LogP contribution in [0.2, 0.25) is 0 Å². The van der Waals surface area contributed by atoms with Gasteiger partial charge >= 0.3 is 0 Å². The average Bonchev–Trinajstić information content (AvgIpc) is 2.75. The Morgan fingerprint density at radius 1 is 1.07 bits per heavy atom. The third kappa shape index (κ3) is 4.02. The quantitative estimate of drug-likeness (QED) is 0.757. The minimum Gasteiger partial charge on any atom is -0.378 e. The number of carbonyl (C=O) groups is 1. The number of nitrogens with zero attached hydrogens (tertiary/aromatic N) is 3. The molecule has 1 saturated heterocycles. The monoisotopic (exact) mass is 374 g/mol. The SMILES string of the molecule is Cc1ncc(-c2cccc(N3CCOCC3)c2)nc1C(=O)Nc1ccccc1. The number of hydrogen-bond acceptors (Lipinski definition) is 5. The number of carbonyl (C=O) groups excluding carboxylic acids is 1. The van der Waals surface area contributed by atoms with E-state index in [0.717, 1.165) is 43.2 Å². The summed E-state index contributed by atoms with van der Waals surface area (Å²) in [5, 5.41) is 2.88. The number of hydrogen-bond donors (Lipinski definition) is 1. The topological polar surface area (TPSA) is 67.3 Å². The molecule has 0 spiro atoms. The second-order valence-electron chi connectivity index (χ2n) is 6.66. The van der Waals surface area contributed by atoms with Crippen molar-refractivity contribution in [2.75, 3.05) is 36.5 Å². The molecule has 0 aliphatic carbocycles. The van der Waals surface area contributed by atoms with E-state index in [0.29, 0.717) is 17.1 Å². The summed E-state index contributed by atoms with van der Waals surface area (Å²) in [6.07, 6.45) is 1.72. The largest absolute Gasteiger partial charge is 0.378 e. The standard InChI is InChI=1S/C22H22N4O2/c1-16-21(22(27)24-18-7-3-2-4-8-18)25-20(15-23-16)17-6-5-9-19(14-17)26-10-12-28-13-11-26/h2-9,14-15H,10-13H2,1H3,(H,24,27). The molecule has 1 N–H and O–H groups in total. The fraction of sp³-hybridized carbons (Fsp3) is 0.227. The lowest BCUT2D eigenvalue weighted by Crippen LogP contribution is -2.36. The zero-order valence-electron chi connectivity index (χ0n) is 15.8. The lowest BCUT2D eigenvalue weighted by atomic mass is 10.1. The van der Waals surface area contributed by atoms with Crippen LogP contribution in [0.1, 0.15) is 16.2 Å². The van der Waals surface area contributed by atoms with Gasteiger partial charge in [-0.25, -0.2) is 4.98 Å². The lowest BCUT2D eigenvalue weighted by Gasteiger charge is -2.29. The molecule has 1 aliphatic rings. The highest BCUT2D eigenvalue weighted by Gasteiger charge is 2.16. The Kier molecular flexibility index (Phi) is 5.30. The first kappa shape index (κ1) is 18.1. The molecule has 2 heterocycles. The fourth-order valence-electron chi connectivity index (χ4n) is 3.20. The number of anilines is 2. The van der Waals surface area contributed by atoms with E-state index in [1.165, 1.54) is 0 Å².